The number of carbonyl (C=O) groups is 3. The van der Waals surface area contributed by atoms with E-state index >= 15 is 0 Å². The van der Waals surface area contributed by atoms with Gasteiger partial charge in [-0.3, -0.25) is 28.0 Å². The monoisotopic (exact) mass is 586 g/mol. The predicted molar refractivity (Wildman–Crippen MR) is 132 cm³/mol. The van der Waals surface area contributed by atoms with Gasteiger partial charge in [0.2, 0.25) is 5.82 Å². The van der Waals surface area contributed by atoms with Gasteiger partial charge >= 0.3 is 19.8 Å². The molecule has 0 radical (unpaired) electrons. The number of rotatable bonds is 10. The lowest BCUT2D eigenvalue weighted by molar-refractivity contribution is -0.168. The number of phosphoric ester groups is 1. The van der Waals surface area contributed by atoms with Gasteiger partial charge in [-0.25, -0.2) is 14.2 Å². The average molecular weight is 587 g/mol. The van der Waals surface area contributed by atoms with Gasteiger partial charge in [0, 0.05) is 24.3 Å². The second-order valence-electron chi connectivity index (χ2n) is 8.61. The molecule has 2 fully saturated rings. The van der Waals surface area contributed by atoms with Crippen LogP contribution in [0.5, 0.6) is 0 Å². The van der Waals surface area contributed by atoms with Gasteiger partial charge in [-0.1, -0.05) is 37.6 Å². The van der Waals surface area contributed by atoms with Gasteiger partial charge in [-0.2, -0.15) is 0 Å². The number of amides is 1. The van der Waals surface area contributed by atoms with E-state index in [2.05, 4.69) is 10.1 Å². The second-order valence-corrected chi connectivity index (χ2v) is 10.7. The van der Waals surface area contributed by atoms with Gasteiger partial charge in [0.25, 0.3) is 5.91 Å². The molecule has 2 aliphatic heterocycles. The molecule has 1 aromatic carbocycles. The summed E-state index contributed by atoms with van der Waals surface area (Å²) in [5, 5.41) is 4.47. The molecule has 0 unspecified atom stereocenters. The quantitative estimate of drug-likeness (QED) is 0.318. The van der Waals surface area contributed by atoms with Crippen LogP contribution in [0.15, 0.2) is 30.6 Å². The highest BCUT2D eigenvalue weighted by molar-refractivity contribution is 7.48. The van der Waals surface area contributed by atoms with E-state index in [0.29, 0.717) is 17.0 Å². The molecule has 16 heteroatoms. The third kappa shape index (κ3) is 7.02. The summed E-state index contributed by atoms with van der Waals surface area (Å²) >= 11 is 6.08. The first-order chi connectivity index (χ1) is 18.6. The zero-order chi connectivity index (χ0) is 28.2. The molecule has 212 valence electrons. The number of primary amides is 1. The Hall–Kier alpha value is -2.87. The molecule has 1 aromatic heterocycles. The summed E-state index contributed by atoms with van der Waals surface area (Å²) in [6.45, 7) is 2.82. The van der Waals surface area contributed by atoms with Crippen LogP contribution < -0.4 is 5.73 Å². The van der Waals surface area contributed by atoms with E-state index in [-0.39, 0.29) is 25.3 Å². The zero-order valence-corrected chi connectivity index (χ0v) is 22.8. The highest BCUT2D eigenvalue weighted by Gasteiger charge is 2.52. The number of ether oxygens (including phenoxy) is 3. The summed E-state index contributed by atoms with van der Waals surface area (Å²) in [4.78, 5) is 39.9. The molecular formula is C23H28ClN4O10P. The molecule has 3 heterocycles. The molecule has 0 aliphatic carbocycles. The third-order valence-electron chi connectivity index (χ3n) is 5.89. The van der Waals surface area contributed by atoms with Crippen molar-refractivity contribution in [1.29, 1.82) is 0 Å². The van der Waals surface area contributed by atoms with E-state index in [1.165, 1.54) is 0 Å². The lowest BCUT2D eigenvalue weighted by Gasteiger charge is -2.30. The van der Waals surface area contributed by atoms with Crippen LogP contribution in [0.25, 0.3) is 0 Å². The molecule has 14 nitrogen and oxygen atoms in total. The number of phosphoric acid groups is 1. The minimum atomic E-state index is -4.09. The molecule has 0 spiro atoms. The normalized spacial score (nSPS) is 28.6. The first-order valence-corrected chi connectivity index (χ1v) is 14.0. The Labute approximate surface area is 228 Å². The van der Waals surface area contributed by atoms with E-state index in [1.807, 2.05) is 0 Å². The van der Waals surface area contributed by atoms with Crippen molar-refractivity contribution in [2.24, 2.45) is 5.73 Å². The van der Waals surface area contributed by atoms with Crippen LogP contribution in [0.4, 0.5) is 0 Å². The van der Waals surface area contributed by atoms with Crippen LogP contribution in [-0.2, 0) is 41.9 Å². The summed E-state index contributed by atoms with van der Waals surface area (Å²) < 4.78 is 48.2. The number of hydrogen-bond acceptors (Lipinski definition) is 12. The van der Waals surface area contributed by atoms with Crippen molar-refractivity contribution in [3.63, 3.8) is 0 Å². The van der Waals surface area contributed by atoms with Gasteiger partial charge in [-0.15, -0.1) is 5.10 Å². The summed E-state index contributed by atoms with van der Waals surface area (Å²) in [7, 11) is -4.09. The van der Waals surface area contributed by atoms with Crippen LogP contribution >= 0.6 is 19.4 Å². The number of carbonyl (C=O) groups excluding carboxylic acids is 3. The average Bonchev–Trinajstić information content (AvgIpc) is 3.53. The molecule has 6 atom stereocenters. The fraction of sp³-hybridized carbons (Fsp3) is 0.522. The summed E-state index contributed by atoms with van der Waals surface area (Å²) in [6, 6.07) is 6.92. The van der Waals surface area contributed by atoms with Crippen LogP contribution in [0.2, 0.25) is 5.02 Å². The van der Waals surface area contributed by atoms with Crippen molar-refractivity contribution >= 4 is 37.3 Å². The SMILES string of the molecule is CCC(=O)O[C@@H]1[C@H](OC(=O)CC)[C@@H](CO[P@@]2(=O)OCC[C@@H](c3cccc(Cl)c3)O2)O[C@H]1n1cnc(C(N)=O)n1. The van der Waals surface area contributed by atoms with E-state index in [9.17, 15) is 18.9 Å². The lowest BCUT2D eigenvalue weighted by Crippen LogP contribution is -2.41. The standard InChI is InChI=1S/C23H28ClN4O10P/c1-3-17(29)36-19-16(11-34-39(32)33-9-8-15(38-39)13-6-5-7-14(24)10-13)35-23(20(19)37-18(30)4-2)28-12-26-22(27-28)21(25)31/h5-7,10,12,15-16,19-20,23H,3-4,8-9,11H2,1-2H3,(H2,25,31)/t15-,16+,19+,20+,23+,39+/m0/s1. The summed E-state index contributed by atoms with van der Waals surface area (Å²) in [5.41, 5.74) is 5.95. The highest BCUT2D eigenvalue weighted by Crippen LogP contribution is 2.57. The number of aromatic nitrogens is 3. The maximum Gasteiger partial charge on any atom is 0.475 e. The predicted octanol–water partition coefficient (Wildman–Crippen LogP) is 2.87. The Kier molecular flexibility index (Phi) is 9.36. The van der Waals surface area contributed by atoms with Crippen LogP contribution in [0.1, 0.15) is 61.6 Å². The number of halogens is 1. The lowest BCUT2D eigenvalue weighted by atomic mass is 10.1. The van der Waals surface area contributed by atoms with Gasteiger partial charge in [0.1, 0.15) is 12.4 Å². The number of esters is 2. The van der Waals surface area contributed by atoms with Crippen LogP contribution in [-0.4, -0.2) is 64.1 Å². The Morgan fingerprint density at radius 2 is 1.90 bits per heavy atom. The fourth-order valence-electron chi connectivity index (χ4n) is 3.98. The first-order valence-electron chi connectivity index (χ1n) is 12.2. The number of hydrogen-bond donors (Lipinski definition) is 1. The maximum absolute atomic E-state index is 13.4. The largest absolute Gasteiger partial charge is 0.475 e. The zero-order valence-electron chi connectivity index (χ0n) is 21.1. The first kappa shape index (κ1) is 29.1. The van der Waals surface area contributed by atoms with Crippen molar-refractivity contribution in [2.45, 2.75) is 63.8 Å². The minimum Gasteiger partial charge on any atom is -0.455 e. The molecular weight excluding hydrogens is 559 g/mol. The van der Waals surface area contributed by atoms with Crippen molar-refractivity contribution in [3.05, 3.63) is 47.0 Å². The second kappa shape index (κ2) is 12.5. The Bertz CT molecular complexity index is 1260. The van der Waals surface area contributed by atoms with E-state index < -0.39 is 62.9 Å². The highest BCUT2D eigenvalue weighted by atomic mass is 35.5. The summed E-state index contributed by atoms with van der Waals surface area (Å²) in [5.74, 6) is -2.41. The van der Waals surface area contributed by atoms with Crippen LogP contribution in [0.3, 0.4) is 0 Å². The molecule has 2 saturated heterocycles. The molecule has 1 amide bonds. The smallest absolute Gasteiger partial charge is 0.455 e. The van der Waals surface area contributed by atoms with E-state index in [1.54, 1.807) is 38.1 Å². The molecule has 2 N–H and O–H groups in total. The Morgan fingerprint density at radius 1 is 1.18 bits per heavy atom. The van der Waals surface area contributed by atoms with Gasteiger partial charge in [-0.05, 0) is 17.7 Å². The minimum absolute atomic E-state index is 0.0182. The Balaban J connectivity index is 1.56. The fourth-order valence-corrected chi connectivity index (χ4v) is 5.57. The number of nitrogens with two attached hydrogens (primary N) is 1. The molecule has 39 heavy (non-hydrogen) atoms. The maximum atomic E-state index is 13.4. The number of benzene rings is 1. The van der Waals surface area contributed by atoms with Crippen molar-refractivity contribution in [3.8, 4) is 0 Å². The molecule has 2 aliphatic rings. The molecule has 4 rings (SSSR count). The van der Waals surface area contributed by atoms with Gasteiger partial charge < -0.3 is 19.9 Å². The summed E-state index contributed by atoms with van der Waals surface area (Å²) in [6.07, 6.45) is -3.69. The van der Waals surface area contributed by atoms with Crippen molar-refractivity contribution in [1.82, 2.24) is 14.8 Å². The van der Waals surface area contributed by atoms with Gasteiger partial charge in [0.15, 0.2) is 18.4 Å². The van der Waals surface area contributed by atoms with Crippen LogP contribution in [0, 0.1) is 0 Å². The molecule has 0 bridgehead atoms. The Morgan fingerprint density at radius 3 is 2.54 bits per heavy atom. The van der Waals surface area contributed by atoms with E-state index in [4.69, 9.17) is 45.1 Å². The van der Waals surface area contributed by atoms with Crippen molar-refractivity contribution < 1.29 is 46.7 Å². The van der Waals surface area contributed by atoms with E-state index in [0.717, 1.165) is 11.0 Å². The third-order valence-corrected chi connectivity index (χ3v) is 7.60. The van der Waals surface area contributed by atoms with Crippen molar-refractivity contribution in [2.75, 3.05) is 13.2 Å². The molecule has 2 aromatic rings. The van der Waals surface area contributed by atoms with Gasteiger partial charge in [0.05, 0.1) is 19.3 Å². The number of nitrogens with zero attached hydrogens (tertiary/aromatic N) is 3. The topological polar surface area (TPSA) is 180 Å². The molecule has 0 saturated carbocycles.